The molecule has 0 aliphatic heterocycles. The molecule has 0 saturated carbocycles. The molecule has 0 fully saturated rings. The summed E-state index contributed by atoms with van der Waals surface area (Å²) in [6, 6.07) is 0. The third-order valence-electron chi connectivity index (χ3n) is 1.27. The van der Waals surface area contributed by atoms with Crippen LogP contribution in [0.2, 0.25) is 0 Å². The molecule has 0 aromatic carbocycles. The van der Waals surface area contributed by atoms with Gasteiger partial charge in [0.05, 0.1) is 0 Å². The summed E-state index contributed by atoms with van der Waals surface area (Å²) in [7, 11) is 0. The Morgan fingerprint density at radius 3 is 2.56 bits per heavy atom. The summed E-state index contributed by atoms with van der Waals surface area (Å²) in [5, 5.41) is 0. The van der Waals surface area contributed by atoms with E-state index in [9.17, 15) is 0 Å². The number of hydrogen-bond donors (Lipinski definition) is 1. The summed E-state index contributed by atoms with van der Waals surface area (Å²) in [6.07, 6.45) is 7.14. The van der Waals surface area contributed by atoms with Crippen LogP contribution in [0.4, 0.5) is 0 Å². The normalized spacial score (nSPS) is 12.0. The topological polar surface area (TPSA) is 26.0 Å². The summed E-state index contributed by atoms with van der Waals surface area (Å²) >= 11 is 0. The second-order valence-corrected chi connectivity index (χ2v) is 2.44. The molecular formula is C8H17N. The van der Waals surface area contributed by atoms with Gasteiger partial charge in [-0.2, -0.15) is 0 Å². The Morgan fingerprint density at radius 2 is 2.11 bits per heavy atom. The monoisotopic (exact) mass is 127 g/mol. The Labute approximate surface area is 57.9 Å². The first kappa shape index (κ1) is 8.54. The first-order chi connectivity index (χ1) is 4.27. The Bertz CT molecular complexity index is 80.6. The smallest absolute Gasteiger partial charge is 0.000832 e. The van der Waals surface area contributed by atoms with Gasteiger partial charge in [-0.25, -0.2) is 0 Å². The van der Waals surface area contributed by atoms with E-state index in [2.05, 4.69) is 13.0 Å². The molecule has 54 valence electrons. The van der Waals surface area contributed by atoms with Gasteiger partial charge in [-0.3, -0.25) is 0 Å². The van der Waals surface area contributed by atoms with Crippen LogP contribution in [0.5, 0.6) is 0 Å². The number of unbranched alkanes of at least 4 members (excludes halogenated alkanes) is 3. The molecule has 9 heavy (non-hydrogen) atoms. The number of hydrogen-bond acceptors (Lipinski definition) is 1. The first-order valence-electron chi connectivity index (χ1n) is 3.69. The average molecular weight is 127 g/mol. The maximum absolute atomic E-state index is 5.44. The quantitative estimate of drug-likeness (QED) is 0.577. The SMILES string of the molecule is CCCCCC=C(C)N. The van der Waals surface area contributed by atoms with Crippen LogP contribution in [0.1, 0.15) is 39.5 Å². The number of allylic oxidation sites excluding steroid dienone is 2. The molecule has 0 amide bonds. The summed E-state index contributed by atoms with van der Waals surface area (Å²) in [6.45, 7) is 4.14. The number of nitrogens with two attached hydrogens (primary N) is 1. The van der Waals surface area contributed by atoms with Crippen molar-refractivity contribution in [3.05, 3.63) is 11.8 Å². The highest BCUT2D eigenvalue weighted by Crippen LogP contribution is 2.00. The predicted molar refractivity (Wildman–Crippen MR) is 42.1 cm³/mol. The molecule has 1 heteroatoms. The van der Waals surface area contributed by atoms with Gasteiger partial charge in [-0.1, -0.05) is 25.8 Å². The van der Waals surface area contributed by atoms with Crippen molar-refractivity contribution >= 4 is 0 Å². The lowest BCUT2D eigenvalue weighted by molar-refractivity contribution is 0.727. The summed E-state index contributed by atoms with van der Waals surface area (Å²) in [5.74, 6) is 0. The second kappa shape index (κ2) is 5.67. The molecule has 0 rings (SSSR count). The third-order valence-corrected chi connectivity index (χ3v) is 1.27. The molecule has 0 aliphatic carbocycles. The van der Waals surface area contributed by atoms with Crippen LogP contribution >= 0.6 is 0 Å². The molecule has 0 unspecified atom stereocenters. The molecule has 0 radical (unpaired) electrons. The molecule has 0 aliphatic rings. The fraction of sp³-hybridized carbons (Fsp3) is 0.750. The molecule has 1 nitrogen and oxygen atoms in total. The lowest BCUT2D eigenvalue weighted by Gasteiger charge is -1.92. The van der Waals surface area contributed by atoms with Gasteiger partial charge in [0.25, 0.3) is 0 Å². The maximum Gasteiger partial charge on any atom is 0.000832 e. The van der Waals surface area contributed by atoms with E-state index < -0.39 is 0 Å². The van der Waals surface area contributed by atoms with E-state index in [1.54, 1.807) is 0 Å². The van der Waals surface area contributed by atoms with Gasteiger partial charge in [0, 0.05) is 5.70 Å². The standard InChI is InChI=1S/C8H17N/c1-3-4-5-6-7-8(2)9/h7H,3-6,9H2,1-2H3. The van der Waals surface area contributed by atoms with Crippen molar-refractivity contribution in [2.45, 2.75) is 39.5 Å². The third kappa shape index (κ3) is 7.54. The van der Waals surface area contributed by atoms with Crippen molar-refractivity contribution in [1.82, 2.24) is 0 Å². The van der Waals surface area contributed by atoms with Gasteiger partial charge < -0.3 is 5.73 Å². The van der Waals surface area contributed by atoms with Gasteiger partial charge in [-0.05, 0) is 19.8 Å². The predicted octanol–water partition coefficient (Wildman–Crippen LogP) is 2.43. The zero-order valence-electron chi connectivity index (χ0n) is 6.48. The van der Waals surface area contributed by atoms with Gasteiger partial charge in [0.2, 0.25) is 0 Å². The highest BCUT2D eigenvalue weighted by Gasteiger charge is 1.81. The fourth-order valence-electron chi connectivity index (χ4n) is 0.724. The van der Waals surface area contributed by atoms with Gasteiger partial charge >= 0.3 is 0 Å². The van der Waals surface area contributed by atoms with E-state index in [1.807, 2.05) is 6.92 Å². The van der Waals surface area contributed by atoms with E-state index in [0.29, 0.717) is 0 Å². The molecule has 0 aromatic rings. The zero-order valence-corrected chi connectivity index (χ0v) is 6.48. The Kier molecular flexibility index (Phi) is 5.38. The van der Waals surface area contributed by atoms with Gasteiger partial charge in [0.1, 0.15) is 0 Å². The van der Waals surface area contributed by atoms with E-state index in [-0.39, 0.29) is 0 Å². The van der Waals surface area contributed by atoms with Crippen molar-refractivity contribution in [1.29, 1.82) is 0 Å². The van der Waals surface area contributed by atoms with Crippen LogP contribution in [-0.2, 0) is 0 Å². The van der Waals surface area contributed by atoms with Crippen LogP contribution in [0.15, 0.2) is 11.8 Å². The fourth-order valence-corrected chi connectivity index (χ4v) is 0.724. The van der Waals surface area contributed by atoms with Crippen molar-refractivity contribution in [2.24, 2.45) is 5.73 Å². The van der Waals surface area contributed by atoms with E-state index in [4.69, 9.17) is 5.73 Å². The minimum absolute atomic E-state index is 0.950. The second-order valence-electron chi connectivity index (χ2n) is 2.44. The molecule has 0 atom stereocenters. The highest BCUT2D eigenvalue weighted by molar-refractivity contribution is 4.90. The molecule has 0 aromatic heterocycles. The molecule has 0 spiro atoms. The minimum atomic E-state index is 0.950. The number of rotatable bonds is 4. The van der Waals surface area contributed by atoms with Crippen molar-refractivity contribution in [2.75, 3.05) is 0 Å². The van der Waals surface area contributed by atoms with Gasteiger partial charge in [0.15, 0.2) is 0 Å². The largest absolute Gasteiger partial charge is 0.403 e. The molecule has 0 saturated heterocycles. The Morgan fingerprint density at radius 1 is 1.44 bits per heavy atom. The van der Waals surface area contributed by atoms with Crippen LogP contribution in [0, 0.1) is 0 Å². The van der Waals surface area contributed by atoms with E-state index >= 15 is 0 Å². The zero-order chi connectivity index (χ0) is 7.11. The average Bonchev–Trinajstić information content (AvgIpc) is 1.80. The van der Waals surface area contributed by atoms with Crippen molar-refractivity contribution < 1.29 is 0 Å². The Balaban J connectivity index is 3.00. The first-order valence-corrected chi connectivity index (χ1v) is 3.69. The molecule has 2 N–H and O–H groups in total. The van der Waals surface area contributed by atoms with Gasteiger partial charge in [-0.15, -0.1) is 0 Å². The van der Waals surface area contributed by atoms with Crippen LogP contribution < -0.4 is 5.73 Å². The lowest BCUT2D eigenvalue weighted by atomic mass is 10.2. The maximum atomic E-state index is 5.44. The van der Waals surface area contributed by atoms with Crippen LogP contribution in [0.3, 0.4) is 0 Å². The summed E-state index contributed by atoms with van der Waals surface area (Å²) in [4.78, 5) is 0. The van der Waals surface area contributed by atoms with Crippen molar-refractivity contribution in [3.63, 3.8) is 0 Å². The highest BCUT2D eigenvalue weighted by atomic mass is 14.5. The van der Waals surface area contributed by atoms with Crippen LogP contribution in [0.25, 0.3) is 0 Å². The molecular weight excluding hydrogens is 110 g/mol. The van der Waals surface area contributed by atoms with Crippen molar-refractivity contribution in [3.8, 4) is 0 Å². The lowest BCUT2D eigenvalue weighted by Crippen LogP contribution is -1.89. The summed E-state index contributed by atoms with van der Waals surface area (Å²) < 4.78 is 0. The van der Waals surface area contributed by atoms with Crippen LogP contribution in [-0.4, -0.2) is 0 Å². The molecule has 0 heterocycles. The van der Waals surface area contributed by atoms with E-state index in [1.165, 1.54) is 19.3 Å². The minimum Gasteiger partial charge on any atom is -0.403 e. The van der Waals surface area contributed by atoms with E-state index in [0.717, 1.165) is 12.1 Å². The molecule has 0 bridgehead atoms. The summed E-state index contributed by atoms with van der Waals surface area (Å²) in [5.41, 5.74) is 6.39. The Hall–Kier alpha value is -0.460.